The summed E-state index contributed by atoms with van der Waals surface area (Å²) in [6.45, 7) is 5.00. The van der Waals surface area contributed by atoms with Crippen LogP contribution in [0.4, 0.5) is 4.79 Å². The Labute approximate surface area is 206 Å². The molecule has 3 aliphatic heterocycles. The smallest absolute Gasteiger partial charge is 0.325 e. The molecule has 2 saturated heterocycles. The Morgan fingerprint density at radius 3 is 2.51 bits per heavy atom. The number of nitrogens with zero attached hydrogens (tertiary/aromatic N) is 2. The molecule has 0 aliphatic carbocycles. The van der Waals surface area contributed by atoms with E-state index in [2.05, 4.69) is 16.3 Å². The van der Waals surface area contributed by atoms with Gasteiger partial charge in [-0.2, -0.15) is 0 Å². The number of imide groups is 1. The number of amides is 3. The zero-order valence-electron chi connectivity index (χ0n) is 20.4. The summed E-state index contributed by atoms with van der Waals surface area (Å²) in [6, 6.07) is 15.2. The molecule has 2 fully saturated rings. The number of ether oxygens (including phenoxy) is 3. The molecular weight excluding hydrogens is 446 g/mol. The Bertz CT molecular complexity index is 1080. The van der Waals surface area contributed by atoms with Gasteiger partial charge in [0.25, 0.3) is 5.91 Å². The minimum absolute atomic E-state index is 0.0899. The van der Waals surface area contributed by atoms with Crippen molar-refractivity contribution in [3.05, 3.63) is 54.1 Å². The summed E-state index contributed by atoms with van der Waals surface area (Å²) in [5, 5.41) is 3.08. The number of hydrogen-bond acceptors (Lipinski definition) is 6. The minimum Gasteiger partial charge on any atom is -0.496 e. The van der Waals surface area contributed by atoms with E-state index in [9.17, 15) is 9.59 Å². The maximum atomic E-state index is 13.7. The lowest BCUT2D eigenvalue weighted by Crippen LogP contribution is -2.56. The molecule has 2 aromatic rings. The molecule has 2 aromatic carbocycles. The van der Waals surface area contributed by atoms with Crippen LogP contribution in [-0.2, 0) is 11.3 Å². The fraction of sp³-hybridized carbons (Fsp3) is 0.481. The molecule has 3 heterocycles. The second-order valence-corrected chi connectivity index (χ2v) is 9.53. The molecule has 5 rings (SSSR count). The molecule has 2 unspecified atom stereocenters. The summed E-state index contributed by atoms with van der Waals surface area (Å²) >= 11 is 0. The van der Waals surface area contributed by atoms with Gasteiger partial charge in [0.15, 0.2) is 17.6 Å². The lowest BCUT2D eigenvalue weighted by Gasteiger charge is -2.40. The molecule has 0 radical (unpaired) electrons. The van der Waals surface area contributed by atoms with Gasteiger partial charge in [0.1, 0.15) is 17.9 Å². The van der Waals surface area contributed by atoms with Gasteiger partial charge >= 0.3 is 6.03 Å². The van der Waals surface area contributed by atoms with Crippen LogP contribution < -0.4 is 19.5 Å². The normalized spacial score (nSPS) is 25.0. The summed E-state index contributed by atoms with van der Waals surface area (Å²) in [6.07, 6.45) is 1.87. The first-order valence-electron chi connectivity index (χ1n) is 12.4. The highest BCUT2D eigenvalue weighted by Gasteiger charge is 2.55. The molecule has 35 heavy (non-hydrogen) atoms. The number of rotatable bonds is 7. The Morgan fingerprint density at radius 2 is 1.77 bits per heavy atom. The van der Waals surface area contributed by atoms with E-state index >= 15 is 0 Å². The van der Waals surface area contributed by atoms with E-state index in [0.717, 1.165) is 43.8 Å². The minimum atomic E-state index is -0.860. The summed E-state index contributed by atoms with van der Waals surface area (Å²) in [5.74, 6) is 2.16. The highest BCUT2D eigenvalue weighted by molar-refractivity contribution is 6.07. The van der Waals surface area contributed by atoms with Crippen molar-refractivity contribution in [3.8, 4) is 17.2 Å². The third-order valence-electron chi connectivity index (χ3n) is 7.58. The van der Waals surface area contributed by atoms with Crippen LogP contribution in [0, 0.1) is 5.92 Å². The first-order valence-corrected chi connectivity index (χ1v) is 12.4. The van der Waals surface area contributed by atoms with Crippen LogP contribution in [0.3, 0.4) is 0 Å². The first-order chi connectivity index (χ1) is 17.0. The predicted molar refractivity (Wildman–Crippen MR) is 131 cm³/mol. The molecule has 0 aromatic heterocycles. The topological polar surface area (TPSA) is 80.3 Å². The van der Waals surface area contributed by atoms with Crippen molar-refractivity contribution in [1.29, 1.82) is 0 Å². The lowest BCUT2D eigenvalue weighted by molar-refractivity contribution is -0.135. The van der Waals surface area contributed by atoms with Gasteiger partial charge in [-0.05, 0) is 56.5 Å². The number of carbonyl (C=O) groups is 2. The monoisotopic (exact) mass is 479 g/mol. The van der Waals surface area contributed by atoms with E-state index in [1.165, 1.54) is 4.90 Å². The molecule has 8 nitrogen and oxygen atoms in total. The van der Waals surface area contributed by atoms with Gasteiger partial charge in [-0.3, -0.25) is 14.6 Å². The van der Waals surface area contributed by atoms with Gasteiger partial charge < -0.3 is 19.5 Å². The Balaban J connectivity index is 1.23. The van der Waals surface area contributed by atoms with E-state index in [1.54, 1.807) is 7.11 Å². The van der Waals surface area contributed by atoms with Crippen LogP contribution in [0.5, 0.6) is 17.2 Å². The molecule has 1 N–H and O–H groups in total. The van der Waals surface area contributed by atoms with Gasteiger partial charge in [0, 0.05) is 12.1 Å². The highest BCUT2D eigenvalue weighted by atomic mass is 16.6. The largest absolute Gasteiger partial charge is 0.496 e. The number of para-hydroxylation sites is 3. The summed E-state index contributed by atoms with van der Waals surface area (Å²) in [4.78, 5) is 30.3. The number of hydrogen-bond donors (Lipinski definition) is 1. The van der Waals surface area contributed by atoms with Crippen molar-refractivity contribution < 1.29 is 23.8 Å². The Hall–Kier alpha value is -3.26. The number of methoxy groups -OCH3 is 1. The fourth-order valence-corrected chi connectivity index (χ4v) is 5.63. The highest BCUT2D eigenvalue weighted by Crippen LogP contribution is 2.37. The van der Waals surface area contributed by atoms with Gasteiger partial charge in [-0.25, -0.2) is 4.79 Å². The molecule has 0 spiro atoms. The van der Waals surface area contributed by atoms with E-state index in [4.69, 9.17) is 14.2 Å². The Kier molecular flexibility index (Phi) is 6.56. The second-order valence-electron chi connectivity index (χ2n) is 9.53. The van der Waals surface area contributed by atoms with Crippen molar-refractivity contribution in [2.24, 2.45) is 5.92 Å². The van der Waals surface area contributed by atoms with Gasteiger partial charge in [0.05, 0.1) is 13.7 Å². The van der Waals surface area contributed by atoms with Crippen LogP contribution in [0.2, 0.25) is 0 Å². The zero-order chi connectivity index (χ0) is 24.4. The fourth-order valence-electron chi connectivity index (χ4n) is 5.63. The SMILES string of the molecule is CCC1(C2CCN(Cc3ccccc3OC)CC2)NC(=O)N(CC2COc3ccccc3O2)C1=O. The van der Waals surface area contributed by atoms with Crippen molar-refractivity contribution in [2.75, 3.05) is 33.4 Å². The van der Waals surface area contributed by atoms with Crippen LogP contribution in [0.25, 0.3) is 0 Å². The predicted octanol–water partition coefficient (Wildman–Crippen LogP) is 3.45. The number of benzene rings is 2. The van der Waals surface area contributed by atoms with Gasteiger partial charge in [-0.1, -0.05) is 37.3 Å². The second kappa shape index (κ2) is 9.77. The molecular formula is C27H33N3O5. The van der Waals surface area contributed by atoms with Gasteiger partial charge in [-0.15, -0.1) is 0 Å². The average molecular weight is 480 g/mol. The van der Waals surface area contributed by atoms with E-state index < -0.39 is 11.6 Å². The molecule has 3 aliphatic rings. The lowest BCUT2D eigenvalue weighted by atomic mass is 9.75. The molecule has 0 saturated carbocycles. The maximum absolute atomic E-state index is 13.7. The maximum Gasteiger partial charge on any atom is 0.325 e. The Morgan fingerprint density at radius 1 is 1.06 bits per heavy atom. The van der Waals surface area contributed by atoms with Crippen molar-refractivity contribution in [3.63, 3.8) is 0 Å². The van der Waals surface area contributed by atoms with E-state index in [1.807, 2.05) is 49.4 Å². The number of fused-ring (bicyclic) bond motifs is 1. The number of piperidine rings is 1. The standard InChI is InChI=1S/C27H33N3O5/c1-3-27(20-12-14-29(15-13-20)16-19-8-4-5-9-22(19)33-2)25(31)30(26(32)28-27)17-21-18-34-23-10-6-7-11-24(23)35-21/h4-11,20-21H,3,12-18H2,1-2H3,(H,28,32). The van der Waals surface area contributed by atoms with Crippen LogP contribution in [-0.4, -0.2) is 66.7 Å². The molecule has 3 amide bonds. The van der Waals surface area contributed by atoms with E-state index in [0.29, 0.717) is 24.5 Å². The molecule has 186 valence electrons. The summed E-state index contributed by atoms with van der Waals surface area (Å²) in [5.41, 5.74) is 0.299. The number of urea groups is 1. The van der Waals surface area contributed by atoms with Crippen LogP contribution in [0.1, 0.15) is 31.7 Å². The quantitative estimate of drug-likeness (QED) is 0.613. The van der Waals surface area contributed by atoms with E-state index in [-0.39, 0.29) is 24.4 Å². The number of carbonyl (C=O) groups excluding carboxylic acids is 2. The summed E-state index contributed by atoms with van der Waals surface area (Å²) in [7, 11) is 1.69. The first kappa shape index (κ1) is 23.5. The number of likely N-dealkylation sites (tertiary alicyclic amines) is 1. The third-order valence-corrected chi connectivity index (χ3v) is 7.58. The van der Waals surface area contributed by atoms with Gasteiger partial charge in [0.2, 0.25) is 0 Å². The van der Waals surface area contributed by atoms with Crippen LogP contribution in [0.15, 0.2) is 48.5 Å². The summed E-state index contributed by atoms with van der Waals surface area (Å²) < 4.78 is 17.3. The van der Waals surface area contributed by atoms with Crippen molar-refractivity contribution in [2.45, 2.75) is 44.4 Å². The third kappa shape index (κ3) is 4.43. The zero-order valence-corrected chi connectivity index (χ0v) is 20.4. The molecule has 8 heteroatoms. The number of nitrogens with one attached hydrogen (secondary N) is 1. The molecule has 2 atom stereocenters. The van der Waals surface area contributed by atoms with Crippen LogP contribution >= 0.6 is 0 Å². The molecule has 0 bridgehead atoms. The van der Waals surface area contributed by atoms with Crippen molar-refractivity contribution in [1.82, 2.24) is 15.1 Å². The average Bonchev–Trinajstić information content (AvgIpc) is 3.14. The van der Waals surface area contributed by atoms with Crippen molar-refractivity contribution >= 4 is 11.9 Å².